The first-order valence-corrected chi connectivity index (χ1v) is 5.75. The predicted octanol–water partition coefficient (Wildman–Crippen LogP) is 2.01. The molecule has 0 heterocycles. The third kappa shape index (κ3) is 3.84. The molecule has 1 N–H and O–H groups in total. The standard InChI is InChI=1S/C13H22O5/c1-9(2)10(3)6-7-13(8-17-4,11(14)15)12(16)18-5/h6-8H2,1-5H3,(H,14,15)/t13-/m0/s1. The molecule has 0 amide bonds. The average molecular weight is 258 g/mol. The Morgan fingerprint density at radius 3 is 2.06 bits per heavy atom. The molecule has 18 heavy (non-hydrogen) atoms. The van der Waals surface area contributed by atoms with Crippen LogP contribution >= 0.6 is 0 Å². The number of hydrogen-bond acceptors (Lipinski definition) is 4. The van der Waals surface area contributed by atoms with Crippen LogP contribution in [0.2, 0.25) is 0 Å². The Morgan fingerprint density at radius 1 is 1.17 bits per heavy atom. The lowest BCUT2D eigenvalue weighted by molar-refractivity contribution is -0.171. The molecule has 0 rings (SSSR count). The van der Waals surface area contributed by atoms with Crippen LogP contribution in [-0.4, -0.2) is 37.9 Å². The van der Waals surface area contributed by atoms with Gasteiger partial charge in [0.1, 0.15) is 0 Å². The third-order valence-corrected chi connectivity index (χ3v) is 3.16. The molecule has 0 saturated heterocycles. The van der Waals surface area contributed by atoms with Crippen LogP contribution in [-0.2, 0) is 19.1 Å². The van der Waals surface area contributed by atoms with Crippen molar-refractivity contribution < 1.29 is 24.2 Å². The molecule has 0 aromatic heterocycles. The van der Waals surface area contributed by atoms with Crippen molar-refractivity contribution in [2.24, 2.45) is 5.41 Å². The van der Waals surface area contributed by atoms with Gasteiger partial charge in [-0.05, 0) is 33.6 Å². The quantitative estimate of drug-likeness (QED) is 0.429. The topological polar surface area (TPSA) is 72.8 Å². The lowest BCUT2D eigenvalue weighted by atomic mass is 9.82. The number of methoxy groups -OCH3 is 2. The van der Waals surface area contributed by atoms with Crippen molar-refractivity contribution in [2.45, 2.75) is 33.6 Å². The number of hydrogen-bond donors (Lipinski definition) is 1. The Kier molecular flexibility index (Phi) is 6.62. The minimum Gasteiger partial charge on any atom is -0.480 e. The van der Waals surface area contributed by atoms with Gasteiger partial charge >= 0.3 is 11.9 Å². The molecule has 5 heteroatoms. The molecule has 0 unspecified atom stereocenters. The molecule has 0 aromatic carbocycles. The van der Waals surface area contributed by atoms with E-state index in [4.69, 9.17) is 4.74 Å². The van der Waals surface area contributed by atoms with E-state index in [2.05, 4.69) is 4.74 Å². The average Bonchev–Trinajstić information content (AvgIpc) is 2.32. The van der Waals surface area contributed by atoms with Crippen molar-refractivity contribution in [2.75, 3.05) is 20.8 Å². The second-order valence-electron chi connectivity index (χ2n) is 4.59. The van der Waals surface area contributed by atoms with Gasteiger partial charge in [0, 0.05) is 7.11 Å². The van der Waals surface area contributed by atoms with E-state index in [1.165, 1.54) is 14.2 Å². The highest BCUT2D eigenvalue weighted by Crippen LogP contribution is 2.29. The van der Waals surface area contributed by atoms with Crippen LogP contribution in [0, 0.1) is 5.41 Å². The van der Waals surface area contributed by atoms with E-state index in [-0.39, 0.29) is 13.0 Å². The number of allylic oxidation sites excluding steroid dienone is 2. The maximum atomic E-state index is 11.7. The molecular formula is C13H22O5. The van der Waals surface area contributed by atoms with Gasteiger partial charge in [0.25, 0.3) is 0 Å². The van der Waals surface area contributed by atoms with Gasteiger partial charge in [-0.1, -0.05) is 11.1 Å². The number of carboxylic acids is 1. The van der Waals surface area contributed by atoms with Crippen LogP contribution in [0.5, 0.6) is 0 Å². The highest BCUT2D eigenvalue weighted by Gasteiger charge is 2.47. The Balaban J connectivity index is 5.14. The second kappa shape index (κ2) is 7.16. The van der Waals surface area contributed by atoms with E-state index in [0.29, 0.717) is 6.42 Å². The summed E-state index contributed by atoms with van der Waals surface area (Å²) >= 11 is 0. The summed E-state index contributed by atoms with van der Waals surface area (Å²) in [6.07, 6.45) is 0.687. The smallest absolute Gasteiger partial charge is 0.325 e. The molecule has 0 aliphatic carbocycles. The summed E-state index contributed by atoms with van der Waals surface area (Å²) in [6, 6.07) is 0. The molecule has 5 nitrogen and oxygen atoms in total. The molecule has 0 saturated carbocycles. The Morgan fingerprint density at radius 2 is 1.72 bits per heavy atom. The fraction of sp³-hybridized carbons (Fsp3) is 0.692. The van der Waals surface area contributed by atoms with Crippen LogP contribution in [0.15, 0.2) is 11.1 Å². The fourth-order valence-corrected chi connectivity index (χ4v) is 1.58. The maximum Gasteiger partial charge on any atom is 0.325 e. The zero-order valence-corrected chi connectivity index (χ0v) is 11.7. The van der Waals surface area contributed by atoms with E-state index in [1.54, 1.807) is 0 Å². The van der Waals surface area contributed by atoms with Crippen LogP contribution in [0.1, 0.15) is 33.6 Å². The Hall–Kier alpha value is -1.36. The van der Waals surface area contributed by atoms with Crippen molar-refractivity contribution in [3.05, 3.63) is 11.1 Å². The summed E-state index contributed by atoms with van der Waals surface area (Å²) in [5.74, 6) is -1.98. The molecular weight excluding hydrogens is 236 g/mol. The summed E-state index contributed by atoms with van der Waals surface area (Å²) < 4.78 is 9.49. The van der Waals surface area contributed by atoms with E-state index in [0.717, 1.165) is 11.1 Å². The van der Waals surface area contributed by atoms with Gasteiger partial charge in [-0.15, -0.1) is 0 Å². The molecule has 0 aliphatic heterocycles. The van der Waals surface area contributed by atoms with E-state index in [1.807, 2.05) is 20.8 Å². The lowest BCUT2D eigenvalue weighted by Gasteiger charge is -2.26. The third-order valence-electron chi connectivity index (χ3n) is 3.16. The molecule has 0 bridgehead atoms. The van der Waals surface area contributed by atoms with Crippen molar-refractivity contribution in [3.63, 3.8) is 0 Å². The molecule has 0 aliphatic rings. The first-order valence-electron chi connectivity index (χ1n) is 5.75. The van der Waals surface area contributed by atoms with Crippen LogP contribution < -0.4 is 0 Å². The monoisotopic (exact) mass is 258 g/mol. The number of aliphatic carboxylic acids is 1. The largest absolute Gasteiger partial charge is 0.480 e. The van der Waals surface area contributed by atoms with Crippen molar-refractivity contribution >= 4 is 11.9 Å². The highest BCUT2D eigenvalue weighted by molar-refractivity contribution is 5.99. The SMILES string of the molecule is COC[C@@](CCC(C)=C(C)C)(C(=O)O)C(=O)OC. The van der Waals surface area contributed by atoms with Gasteiger partial charge in [-0.3, -0.25) is 9.59 Å². The van der Waals surface area contributed by atoms with Gasteiger partial charge in [0.2, 0.25) is 0 Å². The van der Waals surface area contributed by atoms with E-state index in [9.17, 15) is 14.7 Å². The second-order valence-corrected chi connectivity index (χ2v) is 4.59. The number of carbonyl (C=O) groups excluding carboxylic acids is 1. The summed E-state index contributed by atoms with van der Waals surface area (Å²) in [5, 5.41) is 9.31. The molecule has 0 aromatic rings. The molecule has 0 spiro atoms. The van der Waals surface area contributed by atoms with Crippen molar-refractivity contribution in [3.8, 4) is 0 Å². The van der Waals surface area contributed by atoms with Gasteiger partial charge in [0.05, 0.1) is 13.7 Å². The first-order chi connectivity index (χ1) is 8.31. The molecule has 0 radical (unpaired) electrons. The highest BCUT2D eigenvalue weighted by atomic mass is 16.5. The molecule has 1 atom stereocenters. The van der Waals surface area contributed by atoms with Gasteiger partial charge < -0.3 is 14.6 Å². The summed E-state index contributed by atoms with van der Waals surface area (Å²) in [4.78, 5) is 23.1. The zero-order valence-electron chi connectivity index (χ0n) is 11.7. The van der Waals surface area contributed by atoms with E-state index >= 15 is 0 Å². The summed E-state index contributed by atoms with van der Waals surface area (Å²) in [7, 11) is 2.55. The Bertz CT molecular complexity index is 341. The van der Waals surface area contributed by atoms with Gasteiger partial charge in [-0.2, -0.15) is 0 Å². The predicted molar refractivity (Wildman–Crippen MR) is 67.2 cm³/mol. The summed E-state index contributed by atoms with van der Waals surface area (Å²) in [6.45, 7) is 5.63. The number of carbonyl (C=O) groups is 2. The number of esters is 1. The minimum absolute atomic E-state index is 0.167. The maximum absolute atomic E-state index is 11.7. The van der Waals surface area contributed by atoms with Crippen molar-refractivity contribution in [1.29, 1.82) is 0 Å². The zero-order chi connectivity index (χ0) is 14.3. The lowest BCUT2D eigenvalue weighted by Crippen LogP contribution is -2.44. The van der Waals surface area contributed by atoms with Crippen LogP contribution in [0.4, 0.5) is 0 Å². The van der Waals surface area contributed by atoms with Crippen molar-refractivity contribution in [1.82, 2.24) is 0 Å². The minimum atomic E-state index is -1.62. The van der Waals surface area contributed by atoms with E-state index < -0.39 is 17.4 Å². The number of rotatable bonds is 7. The Labute approximate surface area is 108 Å². The number of carboxylic acid groups (broad SMARTS) is 1. The summed E-state index contributed by atoms with van der Waals surface area (Å²) in [5.41, 5.74) is 0.567. The van der Waals surface area contributed by atoms with Crippen LogP contribution in [0.25, 0.3) is 0 Å². The van der Waals surface area contributed by atoms with Gasteiger partial charge in [-0.25, -0.2) is 0 Å². The fourth-order valence-electron chi connectivity index (χ4n) is 1.58. The number of ether oxygens (including phenoxy) is 2. The van der Waals surface area contributed by atoms with Gasteiger partial charge in [0.15, 0.2) is 5.41 Å². The first kappa shape index (κ1) is 16.6. The molecule has 104 valence electrons. The normalized spacial score (nSPS) is 13.6. The molecule has 0 fully saturated rings. The van der Waals surface area contributed by atoms with Crippen LogP contribution in [0.3, 0.4) is 0 Å².